The number of carbonyl (C=O) groups excluding carboxylic acids is 3. The number of alkyl halides is 1. The minimum absolute atomic E-state index is 0.238. The number of nitrogens with zero attached hydrogens (tertiary/aromatic N) is 7. The number of aryl methyl sites for hydroxylation is 1. The van der Waals surface area contributed by atoms with E-state index >= 15 is 4.39 Å². The molecule has 3 fully saturated rings. The van der Waals surface area contributed by atoms with Crippen LogP contribution in [0.25, 0.3) is 21.8 Å². The average molecular weight is 732 g/mol. The number of hydrogen-bond acceptors (Lipinski definition) is 9. The molecule has 5 aromatic rings. The van der Waals surface area contributed by atoms with Crippen molar-refractivity contribution in [2.24, 2.45) is 13.0 Å². The molecule has 3 aliphatic rings. The fourth-order valence-corrected chi connectivity index (χ4v) is 8.69. The zero-order chi connectivity index (χ0) is 37.5. The van der Waals surface area contributed by atoms with E-state index in [2.05, 4.69) is 20.5 Å². The topological polar surface area (TPSA) is 160 Å². The van der Waals surface area contributed by atoms with Gasteiger partial charge in [0.15, 0.2) is 0 Å². The minimum Gasteiger partial charge on any atom is -0.494 e. The predicted octanol–water partition coefficient (Wildman–Crippen LogP) is 5.53. The summed E-state index contributed by atoms with van der Waals surface area (Å²) in [6.07, 6.45) is 9.19. The van der Waals surface area contributed by atoms with Gasteiger partial charge in [-0.25, -0.2) is 4.39 Å². The normalized spacial score (nSPS) is 23.6. The van der Waals surface area contributed by atoms with Crippen molar-refractivity contribution >= 4 is 45.2 Å². The number of benzene rings is 2. The van der Waals surface area contributed by atoms with Crippen LogP contribution in [0.15, 0.2) is 55.0 Å². The number of methoxy groups -OCH3 is 1. The monoisotopic (exact) mass is 731 g/mol. The van der Waals surface area contributed by atoms with Gasteiger partial charge in [-0.1, -0.05) is 18.2 Å². The van der Waals surface area contributed by atoms with Gasteiger partial charge in [-0.05, 0) is 68.7 Å². The van der Waals surface area contributed by atoms with E-state index in [-0.39, 0.29) is 35.8 Å². The van der Waals surface area contributed by atoms with Crippen molar-refractivity contribution in [3.05, 3.63) is 77.4 Å². The molecular formula is C40H42FN9O4. The van der Waals surface area contributed by atoms with Crippen LogP contribution in [0.2, 0.25) is 0 Å². The number of nitrogens with one attached hydrogen (secondary N) is 2. The van der Waals surface area contributed by atoms with E-state index < -0.39 is 18.0 Å². The zero-order valence-corrected chi connectivity index (χ0v) is 30.3. The van der Waals surface area contributed by atoms with E-state index in [0.29, 0.717) is 48.0 Å². The Balaban J connectivity index is 0.885. The molecule has 14 heteroatoms. The number of fused-ring (bicyclic) bond motifs is 2. The highest BCUT2D eigenvalue weighted by atomic mass is 19.1. The first kappa shape index (κ1) is 35.4. The number of rotatable bonds is 8. The van der Waals surface area contributed by atoms with Crippen LogP contribution in [0.4, 0.5) is 10.1 Å². The third-order valence-corrected chi connectivity index (χ3v) is 11.4. The maximum atomic E-state index is 16.1. The molecule has 3 amide bonds. The maximum Gasteiger partial charge on any atom is 0.257 e. The first-order valence-electron chi connectivity index (χ1n) is 18.6. The molecular weight excluding hydrogens is 689 g/mol. The van der Waals surface area contributed by atoms with Gasteiger partial charge in [0.2, 0.25) is 11.8 Å². The summed E-state index contributed by atoms with van der Waals surface area (Å²) in [4.78, 5) is 43.6. The summed E-state index contributed by atoms with van der Waals surface area (Å²) in [6, 6.07) is 13.3. The van der Waals surface area contributed by atoms with Crippen LogP contribution in [-0.2, 0) is 16.6 Å². The Labute approximate surface area is 311 Å². The first-order chi connectivity index (χ1) is 26.2. The van der Waals surface area contributed by atoms with Crippen molar-refractivity contribution in [2.45, 2.75) is 69.0 Å². The van der Waals surface area contributed by atoms with E-state index in [4.69, 9.17) is 14.9 Å². The molecule has 1 unspecified atom stereocenters. The summed E-state index contributed by atoms with van der Waals surface area (Å²) in [6.45, 7) is 2.05. The molecule has 2 N–H and O–H groups in total. The molecule has 2 saturated heterocycles. The third kappa shape index (κ3) is 6.80. The van der Waals surface area contributed by atoms with Gasteiger partial charge in [-0.15, -0.1) is 0 Å². The lowest BCUT2D eigenvalue weighted by molar-refractivity contribution is -0.134. The number of hydrogen-bond donors (Lipinski definition) is 2. The van der Waals surface area contributed by atoms with Crippen molar-refractivity contribution in [1.29, 1.82) is 5.26 Å². The summed E-state index contributed by atoms with van der Waals surface area (Å²) in [5.74, 6) is -0.777. The highest BCUT2D eigenvalue weighted by Gasteiger charge is 2.36. The lowest BCUT2D eigenvalue weighted by atomic mass is 9.83. The van der Waals surface area contributed by atoms with Crippen molar-refractivity contribution in [2.75, 3.05) is 32.1 Å². The molecule has 2 aromatic carbocycles. The second kappa shape index (κ2) is 14.6. The second-order valence-electron chi connectivity index (χ2n) is 14.8. The van der Waals surface area contributed by atoms with Gasteiger partial charge in [-0.2, -0.15) is 15.5 Å². The van der Waals surface area contributed by atoms with Gasteiger partial charge >= 0.3 is 0 Å². The van der Waals surface area contributed by atoms with Gasteiger partial charge in [0, 0.05) is 67.9 Å². The Hall–Kier alpha value is -5.68. The van der Waals surface area contributed by atoms with Crippen molar-refractivity contribution in [1.82, 2.24) is 34.8 Å². The number of amides is 3. The summed E-state index contributed by atoms with van der Waals surface area (Å²) < 4.78 is 25.5. The molecule has 13 nitrogen and oxygen atoms in total. The molecule has 1 aliphatic carbocycles. The zero-order valence-electron chi connectivity index (χ0n) is 30.3. The minimum atomic E-state index is -1.03. The lowest BCUT2D eigenvalue weighted by Crippen LogP contribution is -2.43. The number of nitriles is 1. The van der Waals surface area contributed by atoms with E-state index in [1.165, 1.54) is 18.5 Å². The SMILES string of the molecule is COc1cc2nn(C3CCC(CN4CC[C@H](c5cccc6c(C7CCC(=O)NC7=O)nn(C)c56)[C@@H](F)C4)CC3)cc2cc1NC(=O)c1cncc(C#N)c1. The van der Waals surface area contributed by atoms with Crippen molar-refractivity contribution in [3.8, 4) is 11.8 Å². The number of ether oxygens (including phenoxy) is 1. The van der Waals surface area contributed by atoms with Crippen molar-refractivity contribution < 1.29 is 23.5 Å². The summed E-state index contributed by atoms with van der Waals surface area (Å²) in [5, 5.41) is 25.8. The molecule has 8 rings (SSSR count). The fraction of sp³-hybridized carbons (Fsp3) is 0.425. The molecule has 2 aliphatic heterocycles. The smallest absolute Gasteiger partial charge is 0.257 e. The van der Waals surface area contributed by atoms with Crippen LogP contribution < -0.4 is 15.4 Å². The van der Waals surface area contributed by atoms with Crippen LogP contribution in [0.1, 0.15) is 90.0 Å². The number of aromatic nitrogens is 5. The predicted molar refractivity (Wildman–Crippen MR) is 199 cm³/mol. The Bertz CT molecular complexity index is 2300. The van der Waals surface area contributed by atoms with Gasteiger partial charge in [0.1, 0.15) is 18.0 Å². The Kier molecular flexibility index (Phi) is 9.58. The second-order valence-corrected chi connectivity index (χ2v) is 14.8. The van der Waals surface area contributed by atoms with E-state index in [0.717, 1.165) is 66.1 Å². The highest BCUT2D eigenvalue weighted by molar-refractivity contribution is 6.06. The Morgan fingerprint density at radius 3 is 2.69 bits per heavy atom. The molecule has 278 valence electrons. The van der Waals surface area contributed by atoms with Crippen LogP contribution in [-0.4, -0.2) is 80.1 Å². The van der Waals surface area contributed by atoms with Crippen LogP contribution in [0, 0.1) is 17.2 Å². The number of para-hydroxylation sites is 1. The molecule has 0 bridgehead atoms. The van der Waals surface area contributed by atoms with Crippen LogP contribution in [0.5, 0.6) is 5.75 Å². The number of likely N-dealkylation sites (tertiary alicyclic amines) is 1. The average Bonchev–Trinajstić information content (AvgIpc) is 3.75. The number of pyridine rings is 1. The van der Waals surface area contributed by atoms with Crippen molar-refractivity contribution in [3.63, 3.8) is 0 Å². The quantitative estimate of drug-likeness (QED) is 0.196. The highest BCUT2D eigenvalue weighted by Crippen LogP contribution is 2.40. The number of halogens is 1. The van der Waals surface area contributed by atoms with Gasteiger partial charge in [0.25, 0.3) is 5.91 Å². The number of carbonyl (C=O) groups is 3. The Morgan fingerprint density at radius 2 is 1.93 bits per heavy atom. The van der Waals surface area contributed by atoms with E-state index in [9.17, 15) is 19.6 Å². The lowest BCUT2D eigenvalue weighted by Gasteiger charge is -2.38. The molecule has 3 aromatic heterocycles. The van der Waals surface area contributed by atoms with Crippen LogP contribution in [0.3, 0.4) is 0 Å². The van der Waals surface area contributed by atoms with E-state index in [1.807, 2.05) is 54.3 Å². The first-order valence-corrected chi connectivity index (χ1v) is 18.6. The standard InChI is InChI=1S/C40H42FN9O4/c1-48-38-29(4-3-5-30(38)37(47-48)31-10-11-36(51)45-40(31)53)28-12-13-49(22-32(28)41)20-23-6-8-27(9-7-23)50-21-26-15-34(35(54-2)16-33(26)46-50)44-39(52)25-14-24(17-42)18-43-19-25/h3-5,14-16,18-19,21,23,27-28,31-32H,6-13,20,22H2,1-2H3,(H,44,52)(H,45,51,53)/t23?,27?,28-,31?,32+/m1/s1. The molecule has 5 heterocycles. The number of piperidine rings is 2. The summed E-state index contributed by atoms with van der Waals surface area (Å²) >= 11 is 0. The summed E-state index contributed by atoms with van der Waals surface area (Å²) in [7, 11) is 3.39. The fourth-order valence-electron chi connectivity index (χ4n) is 8.69. The molecule has 0 spiro atoms. The van der Waals surface area contributed by atoms with Gasteiger partial charge < -0.3 is 15.0 Å². The maximum absolute atomic E-state index is 16.1. The Morgan fingerprint density at radius 1 is 1.09 bits per heavy atom. The molecule has 0 radical (unpaired) electrons. The van der Waals surface area contributed by atoms with Crippen LogP contribution >= 0.6 is 0 Å². The summed E-state index contributed by atoms with van der Waals surface area (Å²) in [5.41, 5.74) is 4.29. The molecule has 3 atom stereocenters. The largest absolute Gasteiger partial charge is 0.494 e. The molecule has 1 saturated carbocycles. The van der Waals surface area contributed by atoms with Gasteiger partial charge in [-0.3, -0.25) is 34.0 Å². The molecule has 54 heavy (non-hydrogen) atoms. The number of imide groups is 1. The van der Waals surface area contributed by atoms with Gasteiger partial charge in [0.05, 0.1) is 52.6 Å². The third-order valence-electron chi connectivity index (χ3n) is 11.4. The van der Waals surface area contributed by atoms with E-state index in [1.54, 1.807) is 11.8 Å². The number of anilines is 1.